The number of benzene rings is 2. The predicted molar refractivity (Wildman–Crippen MR) is 109 cm³/mol. The molecule has 0 aromatic heterocycles. The highest BCUT2D eigenvalue weighted by Gasteiger charge is 2.30. The Labute approximate surface area is 161 Å². The van der Waals surface area contributed by atoms with Crippen LogP contribution in [-0.2, 0) is 11.2 Å². The quantitative estimate of drug-likeness (QED) is 0.835. The lowest BCUT2D eigenvalue weighted by atomic mass is 10.1. The number of amides is 1. The third-order valence-corrected chi connectivity index (χ3v) is 5.71. The van der Waals surface area contributed by atoms with Crippen LogP contribution < -0.4 is 14.5 Å². The number of anilines is 2. The van der Waals surface area contributed by atoms with Gasteiger partial charge in [0.2, 0.25) is 5.91 Å². The van der Waals surface area contributed by atoms with Gasteiger partial charge in [-0.1, -0.05) is 30.3 Å². The maximum Gasteiger partial charge on any atom is 0.242 e. The minimum absolute atomic E-state index is 0.221. The number of ether oxygens (including phenoxy) is 1. The van der Waals surface area contributed by atoms with E-state index in [4.69, 9.17) is 4.74 Å². The highest BCUT2D eigenvalue weighted by atomic mass is 16.5. The van der Waals surface area contributed by atoms with Gasteiger partial charge in [-0.25, -0.2) is 0 Å². The Balaban J connectivity index is 1.38. The topological polar surface area (TPSA) is 36.0 Å². The largest absolute Gasteiger partial charge is 0.495 e. The summed E-state index contributed by atoms with van der Waals surface area (Å²) >= 11 is 0. The molecule has 2 aliphatic rings. The molecule has 0 saturated carbocycles. The molecule has 0 spiro atoms. The van der Waals surface area contributed by atoms with E-state index in [1.807, 2.05) is 23.1 Å². The van der Waals surface area contributed by atoms with Crippen LogP contribution in [0.15, 0.2) is 48.5 Å². The average Bonchev–Trinajstić information content (AvgIpc) is 3.03. The maximum absolute atomic E-state index is 12.9. The van der Waals surface area contributed by atoms with Crippen LogP contribution >= 0.6 is 0 Å². The van der Waals surface area contributed by atoms with Crippen molar-refractivity contribution >= 4 is 17.3 Å². The Hall–Kier alpha value is -2.69. The molecule has 5 heteroatoms. The fourth-order valence-electron chi connectivity index (χ4n) is 4.20. The van der Waals surface area contributed by atoms with Gasteiger partial charge in [0.05, 0.1) is 19.3 Å². The number of methoxy groups -OCH3 is 1. The first-order valence-electron chi connectivity index (χ1n) is 9.67. The van der Waals surface area contributed by atoms with E-state index in [0.717, 1.165) is 44.0 Å². The molecule has 1 unspecified atom stereocenters. The minimum Gasteiger partial charge on any atom is -0.495 e. The Morgan fingerprint density at radius 3 is 2.41 bits per heavy atom. The molecule has 2 aromatic carbocycles. The van der Waals surface area contributed by atoms with E-state index in [2.05, 4.69) is 47.1 Å². The first kappa shape index (κ1) is 17.7. The Morgan fingerprint density at radius 1 is 1.00 bits per heavy atom. The third kappa shape index (κ3) is 3.46. The van der Waals surface area contributed by atoms with Crippen molar-refractivity contribution in [2.75, 3.05) is 49.6 Å². The standard InChI is InChI=1S/C22H27N3O2/c1-17-15-18-7-3-4-8-19(18)25(17)16-22(26)24-13-11-23(12-14-24)20-9-5-6-10-21(20)27-2/h3-10,17H,11-16H2,1-2H3. The van der Waals surface area contributed by atoms with Gasteiger partial charge in [-0.3, -0.25) is 4.79 Å². The third-order valence-electron chi connectivity index (χ3n) is 5.71. The number of carbonyl (C=O) groups excluding carboxylic acids is 1. The number of fused-ring (bicyclic) bond motifs is 1. The summed E-state index contributed by atoms with van der Waals surface area (Å²) in [7, 11) is 1.70. The van der Waals surface area contributed by atoms with Gasteiger partial charge >= 0.3 is 0 Å². The van der Waals surface area contributed by atoms with Crippen molar-refractivity contribution < 1.29 is 9.53 Å². The molecule has 2 aromatic rings. The van der Waals surface area contributed by atoms with Crippen LogP contribution in [0.1, 0.15) is 12.5 Å². The van der Waals surface area contributed by atoms with E-state index >= 15 is 0 Å². The molecule has 1 fully saturated rings. The van der Waals surface area contributed by atoms with E-state index in [-0.39, 0.29) is 5.91 Å². The van der Waals surface area contributed by atoms with Gasteiger partial charge in [0.25, 0.3) is 0 Å². The molecular weight excluding hydrogens is 338 g/mol. The maximum atomic E-state index is 12.9. The van der Waals surface area contributed by atoms with Gasteiger partial charge in [0.15, 0.2) is 0 Å². The minimum atomic E-state index is 0.221. The molecule has 5 nitrogen and oxygen atoms in total. The van der Waals surface area contributed by atoms with Crippen LogP contribution in [0.2, 0.25) is 0 Å². The van der Waals surface area contributed by atoms with Crippen LogP contribution in [0.4, 0.5) is 11.4 Å². The number of carbonyl (C=O) groups is 1. The van der Waals surface area contributed by atoms with Gasteiger partial charge in [-0.15, -0.1) is 0 Å². The van der Waals surface area contributed by atoms with E-state index in [9.17, 15) is 4.79 Å². The zero-order valence-corrected chi connectivity index (χ0v) is 16.1. The fraction of sp³-hybridized carbons (Fsp3) is 0.409. The molecular formula is C22H27N3O2. The van der Waals surface area contributed by atoms with Crippen LogP contribution in [0.25, 0.3) is 0 Å². The molecule has 1 atom stereocenters. The van der Waals surface area contributed by atoms with Crippen molar-refractivity contribution in [3.8, 4) is 5.75 Å². The van der Waals surface area contributed by atoms with Gasteiger partial charge in [-0.2, -0.15) is 0 Å². The summed E-state index contributed by atoms with van der Waals surface area (Å²) in [5.41, 5.74) is 3.67. The molecule has 1 amide bonds. The monoisotopic (exact) mass is 365 g/mol. The first-order chi connectivity index (χ1) is 13.2. The van der Waals surface area contributed by atoms with Gasteiger partial charge < -0.3 is 19.4 Å². The number of piperazine rings is 1. The summed E-state index contributed by atoms with van der Waals surface area (Å²) in [5, 5.41) is 0. The summed E-state index contributed by atoms with van der Waals surface area (Å²) in [6, 6.07) is 16.9. The zero-order chi connectivity index (χ0) is 18.8. The second-order valence-corrected chi connectivity index (χ2v) is 7.35. The number of hydrogen-bond acceptors (Lipinski definition) is 4. The lowest BCUT2D eigenvalue weighted by Gasteiger charge is -2.37. The van der Waals surface area contributed by atoms with Crippen molar-refractivity contribution in [2.45, 2.75) is 19.4 Å². The first-order valence-corrected chi connectivity index (χ1v) is 9.67. The second-order valence-electron chi connectivity index (χ2n) is 7.35. The Kier molecular flexibility index (Phi) is 4.92. The summed E-state index contributed by atoms with van der Waals surface area (Å²) < 4.78 is 5.48. The van der Waals surface area contributed by atoms with Crippen LogP contribution in [0.5, 0.6) is 5.75 Å². The normalized spacial score (nSPS) is 19.2. The molecule has 142 valence electrons. The van der Waals surface area contributed by atoms with Gasteiger partial charge in [-0.05, 0) is 37.1 Å². The zero-order valence-electron chi connectivity index (χ0n) is 16.1. The van der Waals surface area contributed by atoms with Gasteiger partial charge in [0, 0.05) is 37.9 Å². The van der Waals surface area contributed by atoms with Crippen LogP contribution in [-0.4, -0.2) is 56.7 Å². The van der Waals surface area contributed by atoms with Crippen molar-refractivity contribution in [2.24, 2.45) is 0 Å². The summed E-state index contributed by atoms with van der Waals surface area (Å²) in [6.45, 7) is 5.83. The summed E-state index contributed by atoms with van der Waals surface area (Å²) in [6.07, 6.45) is 1.02. The van der Waals surface area contributed by atoms with Gasteiger partial charge in [0.1, 0.15) is 5.75 Å². The molecule has 0 radical (unpaired) electrons. The molecule has 0 aliphatic carbocycles. The van der Waals surface area contributed by atoms with Crippen molar-refractivity contribution in [1.29, 1.82) is 0 Å². The average molecular weight is 365 g/mol. The lowest BCUT2D eigenvalue weighted by molar-refractivity contribution is -0.130. The number of rotatable bonds is 4. The van der Waals surface area contributed by atoms with Crippen molar-refractivity contribution in [3.63, 3.8) is 0 Å². The number of hydrogen-bond donors (Lipinski definition) is 0. The van der Waals surface area contributed by atoms with Crippen molar-refractivity contribution in [1.82, 2.24) is 4.90 Å². The molecule has 0 N–H and O–H groups in total. The van der Waals surface area contributed by atoms with Crippen LogP contribution in [0, 0.1) is 0 Å². The molecule has 2 aliphatic heterocycles. The van der Waals surface area contributed by atoms with E-state index in [1.165, 1.54) is 11.3 Å². The molecule has 0 bridgehead atoms. The highest BCUT2D eigenvalue weighted by Crippen LogP contribution is 2.32. The predicted octanol–water partition coefficient (Wildman–Crippen LogP) is 2.80. The SMILES string of the molecule is COc1ccccc1N1CCN(C(=O)CN2c3ccccc3CC2C)CC1. The smallest absolute Gasteiger partial charge is 0.242 e. The molecule has 2 heterocycles. The number of para-hydroxylation sites is 3. The lowest BCUT2D eigenvalue weighted by Crippen LogP contribution is -2.52. The van der Waals surface area contributed by atoms with E-state index < -0.39 is 0 Å². The summed E-state index contributed by atoms with van der Waals surface area (Å²) in [4.78, 5) is 19.5. The van der Waals surface area contributed by atoms with E-state index in [1.54, 1.807) is 7.11 Å². The summed E-state index contributed by atoms with van der Waals surface area (Å²) in [5.74, 6) is 1.11. The Morgan fingerprint density at radius 2 is 1.67 bits per heavy atom. The molecule has 27 heavy (non-hydrogen) atoms. The van der Waals surface area contributed by atoms with E-state index in [0.29, 0.717) is 12.6 Å². The number of nitrogens with zero attached hydrogens (tertiary/aromatic N) is 3. The van der Waals surface area contributed by atoms with Crippen molar-refractivity contribution in [3.05, 3.63) is 54.1 Å². The second kappa shape index (κ2) is 7.51. The highest BCUT2D eigenvalue weighted by molar-refractivity contribution is 5.83. The Bertz CT molecular complexity index is 815. The molecule has 1 saturated heterocycles. The molecule has 4 rings (SSSR count). The fourth-order valence-corrected chi connectivity index (χ4v) is 4.20. The van der Waals surface area contributed by atoms with Crippen LogP contribution in [0.3, 0.4) is 0 Å².